The number of nitrogens with zero attached hydrogens (tertiary/aromatic N) is 3. The number of methoxy groups -OCH3 is 2. The summed E-state index contributed by atoms with van der Waals surface area (Å²) < 4.78 is 12.8. The van der Waals surface area contributed by atoms with Crippen molar-refractivity contribution < 1.29 is 9.47 Å². The zero-order chi connectivity index (χ0) is 22.8. The van der Waals surface area contributed by atoms with Crippen LogP contribution in [-0.4, -0.2) is 18.8 Å². The van der Waals surface area contributed by atoms with Crippen LogP contribution in [0.1, 0.15) is 17.0 Å². The molecule has 1 aliphatic heterocycles. The summed E-state index contributed by atoms with van der Waals surface area (Å²) in [5.41, 5.74) is 7.67. The number of thiazole rings is 1. The van der Waals surface area contributed by atoms with Gasteiger partial charge in [0.25, 0.3) is 5.56 Å². The molecular formula is C24H18N4O3S. The summed E-state index contributed by atoms with van der Waals surface area (Å²) in [6.45, 7) is 0. The van der Waals surface area contributed by atoms with Crippen LogP contribution >= 0.6 is 11.3 Å². The molecule has 0 bridgehead atoms. The molecule has 2 heterocycles. The Kier molecular flexibility index (Phi) is 5.55. The van der Waals surface area contributed by atoms with Crippen molar-refractivity contribution in [2.45, 2.75) is 5.92 Å². The van der Waals surface area contributed by atoms with Crippen LogP contribution in [0.4, 0.5) is 0 Å². The van der Waals surface area contributed by atoms with Crippen molar-refractivity contribution in [1.29, 1.82) is 10.5 Å². The summed E-state index contributed by atoms with van der Waals surface area (Å²) in [6, 6.07) is 18.8. The number of nitrogens with two attached hydrogens (primary N) is 1. The minimum Gasteiger partial charge on any atom is -0.496 e. The fraction of sp³-hybridized carbons (Fsp3) is 0.125. The second kappa shape index (κ2) is 8.46. The van der Waals surface area contributed by atoms with E-state index in [0.717, 1.165) is 11.3 Å². The summed E-state index contributed by atoms with van der Waals surface area (Å²) in [4.78, 5) is 13.2. The van der Waals surface area contributed by atoms with Crippen LogP contribution in [0.2, 0.25) is 0 Å². The molecule has 0 unspecified atom stereocenters. The molecule has 0 aliphatic carbocycles. The van der Waals surface area contributed by atoms with Gasteiger partial charge in [-0.1, -0.05) is 36.4 Å². The molecule has 0 radical (unpaired) electrons. The number of hydrogen-bond donors (Lipinski definition) is 1. The van der Waals surface area contributed by atoms with Gasteiger partial charge in [-0.15, -0.1) is 11.3 Å². The minimum absolute atomic E-state index is 0.0123. The number of para-hydroxylation sites is 2. The fourth-order valence-corrected chi connectivity index (χ4v) is 4.91. The van der Waals surface area contributed by atoms with E-state index in [-0.39, 0.29) is 17.0 Å². The maximum Gasteiger partial charge on any atom is 0.274 e. The van der Waals surface area contributed by atoms with Crippen molar-refractivity contribution in [3.05, 3.63) is 84.8 Å². The maximum atomic E-state index is 13.2. The number of ether oxygens (including phenoxy) is 2. The van der Waals surface area contributed by atoms with Gasteiger partial charge in [0.05, 0.1) is 48.0 Å². The number of allylic oxidation sites excluding steroid dienone is 1. The Balaban J connectivity index is 2.08. The highest BCUT2D eigenvalue weighted by molar-refractivity contribution is 7.07. The van der Waals surface area contributed by atoms with Crippen LogP contribution in [0.15, 0.2) is 58.9 Å². The average Bonchev–Trinajstić information content (AvgIpc) is 3.15. The Morgan fingerprint density at radius 2 is 1.62 bits per heavy atom. The van der Waals surface area contributed by atoms with Crippen molar-refractivity contribution in [2.75, 3.05) is 14.2 Å². The number of nitriles is 2. The molecule has 8 heteroatoms. The molecule has 3 aromatic rings. The van der Waals surface area contributed by atoms with Gasteiger partial charge in [0.15, 0.2) is 0 Å². The third-order valence-electron chi connectivity index (χ3n) is 5.26. The molecule has 2 N–H and O–H groups in total. The predicted molar refractivity (Wildman–Crippen MR) is 122 cm³/mol. The van der Waals surface area contributed by atoms with Gasteiger partial charge in [0.2, 0.25) is 0 Å². The quantitative estimate of drug-likeness (QED) is 0.660. The van der Waals surface area contributed by atoms with E-state index in [9.17, 15) is 15.3 Å². The SMILES string of the molecule is COc1ccccc1C=c1sc2n(c1=O)C(N)=C(C#N)[C@H](c1ccccc1OC)C=2C#N. The van der Waals surface area contributed by atoms with Crippen molar-refractivity contribution in [3.63, 3.8) is 0 Å². The molecule has 32 heavy (non-hydrogen) atoms. The zero-order valence-corrected chi connectivity index (χ0v) is 18.1. The highest BCUT2D eigenvalue weighted by Gasteiger charge is 2.33. The molecule has 1 atom stereocenters. The van der Waals surface area contributed by atoms with Gasteiger partial charge in [-0.05, 0) is 18.2 Å². The van der Waals surface area contributed by atoms with E-state index < -0.39 is 11.5 Å². The second-order valence-corrected chi connectivity index (χ2v) is 7.94. The van der Waals surface area contributed by atoms with Crippen LogP contribution in [-0.2, 0) is 0 Å². The van der Waals surface area contributed by atoms with Crippen molar-refractivity contribution in [3.8, 4) is 23.6 Å². The van der Waals surface area contributed by atoms with Gasteiger partial charge in [-0.2, -0.15) is 10.5 Å². The molecule has 7 nitrogen and oxygen atoms in total. The van der Waals surface area contributed by atoms with Crippen molar-refractivity contribution in [1.82, 2.24) is 4.57 Å². The zero-order valence-electron chi connectivity index (χ0n) is 17.3. The first-order valence-electron chi connectivity index (χ1n) is 9.59. The highest BCUT2D eigenvalue weighted by atomic mass is 32.1. The summed E-state index contributed by atoms with van der Waals surface area (Å²) in [5.74, 6) is 0.413. The molecule has 2 aromatic carbocycles. The molecule has 1 aromatic heterocycles. The number of rotatable bonds is 4. The fourth-order valence-electron chi connectivity index (χ4n) is 3.79. The Hall–Kier alpha value is -4.27. The first-order chi connectivity index (χ1) is 15.5. The Bertz CT molecular complexity index is 1520. The second-order valence-electron chi connectivity index (χ2n) is 6.91. The molecule has 0 fully saturated rings. The van der Waals surface area contributed by atoms with E-state index >= 15 is 0 Å². The van der Waals surface area contributed by atoms with Crippen LogP contribution in [0, 0.1) is 22.7 Å². The Labute approximate surface area is 187 Å². The molecular weight excluding hydrogens is 424 g/mol. The van der Waals surface area contributed by atoms with Gasteiger partial charge in [-0.3, -0.25) is 9.36 Å². The summed E-state index contributed by atoms with van der Waals surface area (Å²) in [7, 11) is 3.08. The molecule has 158 valence electrons. The molecule has 4 rings (SSSR count). The van der Waals surface area contributed by atoms with E-state index in [0.29, 0.717) is 31.8 Å². The topological polar surface area (TPSA) is 114 Å². The Morgan fingerprint density at radius 3 is 2.28 bits per heavy atom. The smallest absolute Gasteiger partial charge is 0.274 e. The molecule has 1 aliphatic rings. The van der Waals surface area contributed by atoms with Gasteiger partial charge < -0.3 is 15.2 Å². The first kappa shape index (κ1) is 21.0. The molecule has 0 saturated carbocycles. The summed E-state index contributed by atoms with van der Waals surface area (Å²) in [5, 5.41) is 20.0. The third-order valence-corrected chi connectivity index (χ3v) is 6.37. The Morgan fingerprint density at radius 1 is 1.00 bits per heavy atom. The van der Waals surface area contributed by atoms with Gasteiger partial charge in [-0.25, -0.2) is 0 Å². The maximum absolute atomic E-state index is 13.2. The van der Waals surface area contributed by atoms with E-state index in [1.807, 2.05) is 18.2 Å². The molecule has 0 saturated heterocycles. The van der Waals surface area contributed by atoms with E-state index in [1.165, 1.54) is 11.7 Å². The van der Waals surface area contributed by atoms with Gasteiger partial charge in [0, 0.05) is 11.1 Å². The summed E-state index contributed by atoms with van der Waals surface area (Å²) >= 11 is 1.15. The van der Waals surface area contributed by atoms with E-state index in [1.54, 1.807) is 43.5 Å². The monoisotopic (exact) mass is 442 g/mol. The minimum atomic E-state index is -0.738. The lowest BCUT2D eigenvalue weighted by molar-refractivity contribution is 0.409. The van der Waals surface area contributed by atoms with E-state index in [4.69, 9.17) is 15.2 Å². The number of hydrogen-bond acceptors (Lipinski definition) is 7. The summed E-state index contributed by atoms with van der Waals surface area (Å²) in [6.07, 6.45) is 1.70. The van der Waals surface area contributed by atoms with Crippen LogP contribution in [0.25, 0.3) is 17.5 Å². The van der Waals surface area contributed by atoms with Gasteiger partial charge >= 0.3 is 0 Å². The number of benzene rings is 2. The predicted octanol–water partition coefficient (Wildman–Crippen LogP) is 1.88. The lowest BCUT2D eigenvalue weighted by Crippen LogP contribution is -2.38. The lowest BCUT2D eigenvalue weighted by atomic mass is 9.84. The third kappa shape index (κ3) is 3.24. The average molecular weight is 443 g/mol. The lowest BCUT2D eigenvalue weighted by Gasteiger charge is -2.23. The van der Waals surface area contributed by atoms with Crippen molar-refractivity contribution >= 4 is 28.8 Å². The van der Waals surface area contributed by atoms with Crippen LogP contribution < -0.4 is 30.0 Å². The van der Waals surface area contributed by atoms with Gasteiger partial charge in [0.1, 0.15) is 22.0 Å². The molecule has 0 amide bonds. The largest absolute Gasteiger partial charge is 0.496 e. The first-order valence-corrected chi connectivity index (χ1v) is 10.4. The number of fused-ring (bicyclic) bond motifs is 1. The van der Waals surface area contributed by atoms with Crippen LogP contribution in [0.5, 0.6) is 11.5 Å². The van der Waals surface area contributed by atoms with E-state index in [2.05, 4.69) is 12.1 Å². The number of aromatic nitrogens is 1. The van der Waals surface area contributed by atoms with Crippen molar-refractivity contribution in [2.24, 2.45) is 5.73 Å². The normalized spacial score (nSPS) is 15.7. The highest BCUT2D eigenvalue weighted by Crippen LogP contribution is 2.39. The standard InChI is InChI=1S/C24H18N4O3S/c1-30-18-9-5-3-7-14(18)11-20-23(29)28-22(27)16(12-25)21(17(13-26)24(28)32-20)15-8-4-6-10-19(15)31-2/h3-11,21H,27H2,1-2H3/t21-/m0/s1. The molecule has 0 spiro atoms. The van der Waals surface area contributed by atoms with Crippen LogP contribution in [0.3, 0.4) is 0 Å².